The summed E-state index contributed by atoms with van der Waals surface area (Å²) in [4.78, 5) is 10.3. The Kier molecular flexibility index (Phi) is 8.69. The lowest BCUT2D eigenvalue weighted by Gasteiger charge is -2.00. The first-order valence-electron chi connectivity index (χ1n) is 5.46. The quantitative estimate of drug-likeness (QED) is 0.771. The van der Waals surface area contributed by atoms with Crippen LogP contribution in [0.2, 0.25) is 0 Å². The van der Waals surface area contributed by atoms with Gasteiger partial charge in [0.2, 0.25) is 0 Å². The zero-order valence-corrected chi connectivity index (χ0v) is 9.65. The molecule has 0 aliphatic heterocycles. The molecule has 0 aliphatic carbocycles. The van der Waals surface area contributed by atoms with Crippen molar-refractivity contribution in [3.05, 3.63) is 35.9 Å². The fourth-order valence-electron chi connectivity index (χ4n) is 1.04. The lowest BCUT2D eigenvalue weighted by molar-refractivity contribution is -0.108. The Morgan fingerprint density at radius 1 is 1.33 bits per heavy atom. The minimum absolute atomic E-state index is 0.0289. The predicted molar refractivity (Wildman–Crippen MR) is 64.9 cm³/mol. The molecule has 2 N–H and O–H groups in total. The summed E-state index contributed by atoms with van der Waals surface area (Å²) < 4.78 is 0. The van der Waals surface area contributed by atoms with E-state index in [0.717, 1.165) is 18.4 Å². The predicted octanol–water partition coefficient (Wildman–Crippen LogP) is 2.73. The van der Waals surface area contributed by atoms with Crippen molar-refractivity contribution in [1.29, 1.82) is 0 Å². The molecule has 0 aromatic heterocycles. The molecule has 1 atom stereocenters. The van der Waals surface area contributed by atoms with Crippen molar-refractivity contribution >= 4 is 6.29 Å². The highest BCUT2D eigenvalue weighted by Gasteiger charge is 1.99. The molecule has 0 spiro atoms. The molecule has 0 radical (unpaired) electrons. The summed E-state index contributed by atoms with van der Waals surface area (Å²) in [6, 6.07) is 9.74. The molecule has 0 aliphatic rings. The number of hydrogen-bond donors (Lipinski definition) is 1. The molecule has 0 fully saturated rings. The van der Waals surface area contributed by atoms with Gasteiger partial charge in [0, 0.05) is 5.92 Å². The number of aldehydes is 1. The van der Waals surface area contributed by atoms with E-state index in [4.69, 9.17) is 5.73 Å². The largest absolute Gasteiger partial charge is 0.330 e. The Bertz CT molecular complexity index is 244. The summed E-state index contributed by atoms with van der Waals surface area (Å²) in [6.45, 7) is 4.87. The zero-order chi connectivity index (χ0) is 11.5. The molecule has 2 heteroatoms. The number of rotatable bonds is 4. The molecule has 1 rings (SSSR count). The summed E-state index contributed by atoms with van der Waals surface area (Å²) in [5.41, 5.74) is 6.22. The van der Waals surface area contributed by atoms with Gasteiger partial charge in [-0.3, -0.25) is 0 Å². The van der Waals surface area contributed by atoms with Gasteiger partial charge in [0.1, 0.15) is 6.29 Å². The first-order valence-corrected chi connectivity index (χ1v) is 5.46. The monoisotopic (exact) mass is 207 g/mol. The van der Waals surface area contributed by atoms with E-state index in [9.17, 15) is 4.79 Å². The molecule has 1 aromatic carbocycles. The van der Waals surface area contributed by atoms with Crippen LogP contribution in [0.3, 0.4) is 0 Å². The summed E-state index contributed by atoms with van der Waals surface area (Å²) >= 11 is 0. The Morgan fingerprint density at radius 3 is 2.27 bits per heavy atom. The van der Waals surface area contributed by atoms with Gasteiger partial charge in [0.05, 0.1) is 0 Å². The molecule has 15 heavy (non-hydrogen) atoms. The lowest BCUT2D eigenvalue weighted by atomic mass is 10.0. The number of nitrogens with two attached hydrogens (primary N) is 1. The van der Waals surface area contributed by atoms with E-state index < -0.39 is 0 Å². The van der Waals surface area contributed by atoms with Crippen LogP contribution < -0.4 is 5.73 Å². The third kappa shape index (κ3) is 6.86. The number of carbonyl (C=O) groups excluding carboxylic acids is 1. The van der Waals surface area contributed by atoms with E-state index in [1.807, 2.05) is 37.3 Å². The fourth-order valence-corrected chi connectivity index (χ4v) is 1.04. The van der Waals surface area contributed by atoms with E-state index >= 15 is 0 Å². The van der Waals surface area contributed by atoms with Crippen molar-refractivity contribution < 1.29 is 4.79 Å². The average Bonchev–Trinajstić information content (AvgIpc) is 2.31. The Hall–Kier alpha value is -1.15. The normalized spacial score (nSPS) is 11.1. The average molecular weight is 207 g/mol. The van der Waals surface area contributed by atoms with E-state index in [1.165, 1.54) is 12.8 Å². The molecule has 0 bridgehead atoms. The lowest BCUT2D eigenvalue weighted by Crippen LogP contribution is -1.95. The van der Waals surface area contributed by atoms with Crippen LogP contribution in [-0.2, 0) is 4.79 Å². The summed E-state index contributed by atoms with van der Waals surface area (Å²) in [5, 5.41) is 0. The minimum Gasteiger partial charge on any atom is -0.330 e. The van der Waals surface area contributed by atoms with Gasteiger partial charge in [-0.05, 0) is 18.5 Å². The van der Waals surface area contributed by atoms with Gasteiger partial charge >= 0.3 is 0 Å². The van der Waals surface area contributed by atoms with Crippen molar-refractivity contribution in [3.8, 4) is 0 Å². The number of unbranched alkanes of at least 4 members (excludes halogenated alkanes) is 1. The Morgan fingerprint density at radius 2 is 1.93 bits per heavy atom. The van der Waals surface area contributed by atoms with Gasteiger partial charge in [-0.15, -0.1) is 0 Å². The van der Waals surface area contributed by atoms with E-state index in [-0.39, 0.29) is 5.92 Å². The fraction of sp³-hybridized carbons (Fsp3) is 0.462. The van der Waals surface area contributed by atoms with Crippen LogP contribution in [0, 0.1) is 0 Å². The van der Waals surface area contributed by atoms with E-state index in [2.05, 4.69) is 6.92 Å². The second-order valence-electron chi connectivity index (χ2n) is 3.48. The SMILES string of the molecule is CC(C=O)c1ccccc1.CCCCN. The first kappa shape index (κ1) is 13.8. The van der Waals surface area contributed by atoms with Crippen molar-refractivity contribution in [2.75, 3.05) is 6.54 Å². The maximum atomic E-state index is 10.3. The molecule has 2 nitrogen and oxygen atoms in total. The maximum absolute atomic E-state index is 10.3. The Labute approximate surface area is 92.5 Å². The molecule has 0 saturated heterocycles. The van der Waals surface area contributed by atoms with Crippen molar-refractivity contribution in [3.63, 3.8) is 0 Å². The molecule has 84 valence electrons. The molecule has 1 aromatic rings. The highest BCUT2D eigenvalue weighted by atomic mass is 16.1. The second-order valence-corrected chi connectivity index (χ2v) is 3.48. The number of carbonyl (C=O) groups is 1. The smallest absolute Gasteiger partial charge is 0.127 e. The van der Waals surface area contributed by atoms with Gasteiger partial charge in [0.25, 0.3) is 0 Å². The molecule has 0 heterocycles. The zero-order valence-electron chi connectivity index (χ0n) is 9.65. The van der Waals surface area contributed by atoms with Crippen LogP contribution >= 0.6 is 0 Å². The number of benzene rings is 1. The van der Waals surface area contributed by atoms with Gasteiger partial charge in [-0.25, -0.2) is 0 Å². The molecular formula is C13H21NO. The van der Waals surface area contributed by atoms with Crippen molar-refractivity contribution in [2.45, 2.75) is 32.6 Å². The van der Waals surface area contributed by atoms with Crippen LogP contribution in [0.15, 0.2) is 30.3 Å². The highest BCUT2D eigenvalue weighted by Crippen LogP contribution is 2.10. The van der Waals surface area contributed by atoms with E-state index in [1.54, 1.807) is 0 Å². The second kappa shape index (κ2) is 9.41. The number of hydrogen-bond acceptors (Lipinski definition) is 2. The van der Waals surface area contributed by atoms with Crippen molar-refractivity contribution in [1.82, 2.24) is 0 Å². The summed E-state index contributed by atoms with van der Waals surface area (Å²) in [5.74, 6) is 0.0289. The van der Waals surface area contributed by atoms with Crippen LogP contribution in [0.25, 0.3) is 0 Å². The van der Waals surface area contributed by atoms with Crippen molar-refractivity contribution in [2.24, 2.45) is 5.73 Å². The standard InChI is InChI=1S/C9H10O.C4H11N/c1-8(7-10)9-5-3-2-4-6-9;1-2-3-4-5/h2-8H,1H3;2-5H2,1H3. The molecule has 0 amide bonds. The van der Waals surface area contributed by atoms with Crippen LogP contribution in [0.4, 0.5) is 0 Å². The molecular weight excluding hydrogens is 186 g/mol. The third-order valence-electron chi connectivity index (χ3n) is 2.09. The van der Waals surface area contributed by atoms with Crippen LogP contribution in [0.5, 0.6) is 0 Å². The van der Waals surface area contributed by atoms with E-state index in [0.29, 0.717) is 0 Å². The molecule has 1 unspecified atom stereocenters. The third-order valence-corrected chi connectivity index (χ3v) is 2.09. The van der Waals surface area contributed by atoms with Gasteiger partial charge in [-0.2, -0.15) is 0 Å². The van der Waals surface area contributed by atoms with Gasteiger partial charge < -0.3 is 10.5 Å². The van der Waals surface area contributed by atoms with Gasteiger partial charge in [0.15, 0.2) is 0 Å². The topological polar surface area (TPSA) is 43.1 Å². The first-order chi connectivity index (χ1) is 7.26. The summed E-state index contributed by atoms with van der Waals surface area (Å²) in [7, 11) is 0. The summed E-state index contributed by atoms with van der Waals surface area (Å²) in [6.07, 6.45) is 3.34. The van der Waals surface area contributed by atoms with Crippen LogP contribution in [0.1, 0.15) is 38.2 Å². The minimum atomic E-state index is 0.0289. The van der Waals surface area contributed by atoms with Crippen LogP contribution in [-0.4, -0.2) is 12.8 Å². The molecule has 0 saturated carbocycles. The highest BCUT2D eigenvalue weighted by molar-refractivity contribution is 5.61. The van der Waals surface area contributed by atoms with Gasteiger partial charge in [-0.1, -0.05) is 50.6 Å². The maximum Gasteiger partial charge on any atom is 0.127 e. The Balaban J connectivity index is 0.000000336.